The quantitative estimate of drug-likeness (QED) is 0.851. The molecule has 0 spiro atoms. The monoisotopic (exact) mass is 332 g/mol. The van der Waals surface area contributed by atoms with Crippen molar-refractivity contribution in [3.8, 4) is 0 Å². The van der Waals surface area contributed by atoms with Crippen molar-refractivity contribution in [1.29, 1.82) is 0 Å². The predicted octanol–water partition coefficient (Wildman–Crippen LogP) is 3.17. The minimum atomic E-state index is -0.148. The Bertz CT molecular complexity index is 565. The van der Waals surface area contributed by atoms with Crippen molar-refractivity contribution in [2.45, 2.75) is 46.0 Å². The summed E-state index contributed by atoms with van der Waals surface area (Å²) in [5.74, 6) is 0.855. The van der Waals surface area contributed by atoms with Crippen LogP contribution in [-0.2, 0) is 4.79 Å². The van der Waals surface area contributed by atoms with E-state index in [0.717, 1.165) is 32.1 Å². The van der Waals surface area contributed by atoms with Crippen LogP contribution in [-0.4, -0.2) is 47.8 Å². The highest BCUT2D eigenvalue weighted by Gasteiger charge is 2.44. The van der Waals surface area contributed by atoms with E-state index in [1.807, 2.05) is 9.80 Å². The Balaban J connectivity index is 1.61. The third-order valence-corrected chi connectivity index (χ3v) is 5.44. The molecule has 3 rings (SSSR count). The zero-order valence-electron chi connectivity index (χ0n) is 14.8. The summed E-state index contributed by atoms with van der Waals surface area (Å²) in [5.41, 5.74) is 0.437. The van der Waals surface area contributed by atoms with E-state index in [1.54, 1.807) is 6.07 Å². The van der Waals surface area contributed by atoms with Gasteiger partial charge in [-0.05, 0) is 31.2 Å². The van der Waals surface area contributed by atoms with Gasteiger partial charge in [0, 0.05) is 31.6 Å². The summed E-state index contributed by atoms with van der Waals surface area (Å²) in [4.78, 5) is 29.3. The molecule has 0 atom stereocenters. The van der Waals surface area contributed by atoms with Gasteiger partial charge in [-0.1, -0.05) is 26.7 Å². The number of carbonyl (C=O) groups is 2. The normalized spacial score (nSPS) is 20.6. The maximum atomic E-state index is 13.2. The van der Waals surface area contributed by atoms with Crippen LogP contribution in [0.1, 0.15) is 56.3 Å². The molecular weight excluding hydrogens is 304 g/mol. The van der Waals surface area contributed by atoms with Crippen LogP contribution in [0.3, 0.4) is 0 Å². The fraction of sp³-hybridized carbons (Fsp3) is 0.684. The van der Waals surface area contributed by atoms with Crippen LogP contribution in [0.5, 0.6) is 0 Å². The number of rotatable bonds is 4. The molecule has 1 aliphatic carbocycles. The maximum Gasteiger partial charge on any atom is 0.257 e. The SMILES string of the molecule is CC(C)CC1(C(=O)N2CCN(C(=O)c3ccoc3)CC2)CCCC1. The molecule has 2 fully saturated rings. The van der Waals surface area contributed by atoms with Crippen LogP contribution < -0.4 is 0 Å². The number of hydrogen-bond donors (Lipinski definition) is 0. The first-order chi connectivity index (χ1) is 11.5. The van der Waals surface area contributed by atoms with Crippen LogP contribution in [0, 0.1) is 11.3 Å². The summed E-state index contributed by atoms with van der Waals surface area (Å²) in [6, 6.07) is 1.69. The van der Waals surface area contributed by atoms with Gasteiger partial charge in [-0.25, -0.2) is 0 Å². The van der Waals surface area contributed by atoms with E-state index >= 15 is 0 Å². The first-order valence-corrected chi connectivity index (χ1v) is 9.13. The zero-order chi connectivity index (χ0) is 17.2. The molecule has 0 bridgehead atoms. The van der Waals surface area contributed by atoms with Crippen LogP contribution >= 0.6 is 0 Å². The van der Waals surface area contributed by atoms with Gasteiger partial charge in [-0.3, -0.25) is 9.59 Å². The lowest BCUT2D eigenvalue weighted by atomic mass is 9.77. The van der Waals surface area contributed by atoms with E-state index in [0.29, 0.717) is 43.6 Å². The molecule has 24 heavy (non-hydrogen) atoms. The Kier molecular flexibility index (Phi) is 4.97. The summed E-state index contributed by atoms with van der Waals surface area (Å²) in [5, 5.41) is 0. The van der Waals surface area contributed by atoms with E-state index in [4.69, 9.17) is 4.42 Å². The minimum absolute atomic E-state index is 0.00592. The molecule has 5 nitrogen and oxygen atoms in total. The number of nitrogens with zero attached hydrogens (tertiary/aromatic N) is 2. The summed E-state index contributed by atoms with van der Waals surface area (Å²) in [6.45, 7) is 6.90. The van der Waals surface area contributed by atoms with Crippen LogP contribution in [0.15, 0.2) is 23.0 Å². The van der Waals surface area contributed by atoms with Gasteiger partial charge in [0.1, 0.15) is 6.26 Å². The minimum Gasteiger partial charge on any atom is -0.472 e. The van der Waals surface area contributed by atoms with E-state index in [9.17, 15) is 9.59 Å². The Labute approximate surface area is 144 Å². The molecule has 1 aliphatic heterocycles. The average Bonchev–Trinajstić information content (AvgIpc) is 3.25. The second-order valence-corrected chi connectivity index (χ2v) is 7.68. The second kappa shape index (κ2) is 6.99. The van der Waals surface area contributed by atoms with Gasteiger partial charge in [0.25, 0.3) is 5.91 Å². The molecule has 1 aromatic rings. The summed E-state index contributed by atoms with van der Waals surface area (Å²) >= 11 is 0. The molecule has 1 saturated carbocycles. The Morgan fingerprint density at radius 3 is 2.29 bits per heavy atom. The number of furan rings is 1. The zero-order valence-corrected chi connectivity index (χ0v) is 14.8. The molecule has 1 saturated heterocycles. The molecule has 0 unspecified atom stereocenters. The van der Waals surface area contributed by atoms with Crippen molar-refractivity contribution in [3.63, 3.8) is 0 Å². The predicted molar refractivity (Wildman–Crippen MR) is 91.5 cm³/mol. The number of amides is 2. The third-order valence-electron chi connectivity index (χ3n) is 5.44. The average molecular weight is 332 g/mol. The Hall–Kier alpha value is -1.78. The van der Waals surface area contributed by atoms with Gasteiger partial charge in [0.15, 0.2) is 0 Å². The summed E-state index contributed by atoms with van der Waals surface area (Å²) in [6.07, 6.45) is 8.37. The van der Waals surface area contributed by atoms with E-state index in [-0.39, 0.29) is 11.3 Å². The van der Waals surface area contributed by atoms with Gasteiger partial charge in [-0.15, -0.1) is 0 Å². The first-order valence-electron chi connectivity index (χ1n) is 9.13. The van der Waals surface area contributed by atoms with Gasteiger partial charge >= 0.3 is 0 Å². The molecule has 0 radical (unpaired) electrons. The van der Waals surface area contributed by atoms with Crippen LogP contribution in [0.2, 0.25) is 0 Å². The fourth-order valence-electron chi connectivity index (χ4n) is 4.36. The van der Waals surface area contributed by atoms with Crippen molar-refractivity contribution >= 4 is 11.8 Å². The lowest BCUT2D eigenvalue weighted by Crippen LogP contribution is -2.54. The lowest BCUT2D eigenvalue weighted by Gasteiger charge is -2.40. The van der Waals surface area contributed by atoms with E-state index < -0.39 is 0 Å². The molecule has 2 amide bonds. The highest BCUT2D eigenvalue weighted by atomic mass is 16.3. The van der Waals surface area contributed by atoms with Crippen molar-refractivity contribution in [2.75, 3.05) is 26.2 Å². The van der Waals surface area contributed by atoms with Crippen molar-refractivity contribution < 1.29 is 14.0 Å². The van der Waals surface area contributed by atoms with Crippen molar-refractivity contribution in [1.82, 2.24) is 9.80 Å². The van der Waals surface area contributed by atoms with E-state index in [1.165, 1.54) is 12.5 Å². The van der Waals surface area contributed by atoms with Crippen LogP contribution in [0.4, 0.5) is 0 Å². The smallest absolute Gasteiger partial charge is 0.257 e. The Morgan fingerprint density at radius 2 is 1.75 bits per heavy atom. The van der Waals surface area contributed by atoms with E-state index in [2.05, 4.69) is 13.8 Å². The lowest BCUT2D eigenvalue weighted by molar-refractivity contribution is -0.144. The largest absolute Gasteiger partial charge is 0.472 e. The second-order valence-electron chi connectivity index (χ2n) is 7.68. The van der Waals surface area contributed by atoms with Gasteiger partial charge in [-0.2, -0.15) is 0 Å². The first kappa shape index (κ1) is 17.1. The van der Waals surface area contributed by atoms with Crippen molar-refractivity contribution in [3.05, 3.63) is 24.2 Å². The summed E-state index contributed by atoms with van der Waals surface area (Å²) in [7, 11) is 0. The highest BCUT2D eigenvalue weighted by Crippen LogP contribution is 2.44. The number of piperazine rings is 1. The third kappa shape index (κ3) is 3.35. The molecule has 0 N–H and O–H groups in total. The van der Waals surface area contributed by atoms with Gasteiger partial charge in [0.2, 0.25) is 5.91 Å². The topological polar surface area (TPSA) is 53.8 Å². The number of carbonyl (C=O) groups excluding carboxylic acids is 2. The molecule has 132 valence electrons. The van der Waals surface area contributed by atoms with Gasteiger partial charge in [0.05, 0.1) is 11.8 Å². The molecule has 0 aromatic carbocycles. The number of hydrogen-bond acceptors (Lipinski definition) is 3. The molecule has 2 aliphatic rings. The molecule has 1 aromatic heterocycles. The standard InChI is InChI=1S/C19H28N2O3/c1-15(2)13-19(6-3-4-7-19)18(23)21-10-8-20(9-11-21)17(22)16-5-12-24-14-16/h5,12,14-15H,3-4,6-11,13H2,1-2H3. The summed E-state index contributed by atoms with van der Waals surface area (Å²) < 4.78 is 4.99. The molecular formula is C19H28N2O3. The molecule has 5 heteroatoms. The van der Waals surface area contributed by atoms with Gasteiger partial charge < -0.3 is 14.2 Å². The highest BCUT2D eigenvalue weighted by molar-refractivity contribution is 5.94. The fourth-order valence-corrected chi connectivity index (χ4v) is 4.36. The molecule has 2 heterocycles. The van der Waals surface area contributed by atoms with Crippen molar-refractivity contribution in [2.24, 2.45) is 11.3 Å². The maximum absolute atomic E-state index is 13.2. The van der Waals surface area contributed by atoms with Crippen LogP contribution in [0.25, 0.3) is 0 Å². The Morgan fingerprint density at radius 1 is 1.12 bits per heavy atom.